The molecule has 0 aliphatic carbocycles. The fraction of sp³-hybridized carbons (Fsp3) is 0. The smallest absolute Gasteiger partial charge is 0.303 e. The van der Waals surface area contributed by atoms with Crippen LogP contribution in [0.15, 0.2) is 48.5 Å². The Hall–Kier alpha value is -3.59. The van der Waals surface area contributed by atoms with E-state index in [4.69, 9.17) is 5.84 Å². The lowest BCUT2D eigenvalue weighted by Gasteiger charge is -2.11. The van der Waals surface area contributed by atoms with E-state index in [0.717, 1.165) is 0 Å². The molecule has 0 saturated carbocycles. The van der Waals surface area contributed by atoms with Crippen LogP contribution in [0.3, 0.4) is 0 Å². The van der Waals surface area contributed by atoms with Crippen LogP contribution in [0.2, 0.25) is 0 Å². The fourth-order valence-electron chi connectivity index (χ4n) is 2.53. The van der Waals surface area contributed by atoms with E-state index in [1.165, 1.54) is 18.2 Å². The Bertz CT molecular complexity index is 959. The van der Waals surface area contributed by atoms with Gasteiger partial charge in [0.1, 0.15) is 0 Å². The number of benzene rings is 2. The second-order valence-corrected chi connectivity index (χ2v) is 4.91. The molecule has 0 amide bonds. The summed E-state index contributed by atoms with van der Waals surface area (Å²) >= 11 is 0. The largest absolute Gasteiger partial charge is 0.321 e. The molecule has 9 nitrogen and oxygen atoms in total. The molecule has 0 aliphatic heterocycles. The molecular weight excluding hydrogens is 314 g/mol. The Morgan fingerprint density at radius 1 is 1.00 bits per heavy atom. The summed E-state index contributed by atoms with van der Waals surface area (Å²) in [5.74, 6) is 5.27. The molecule has 0 unspecified atom stereocenters. The van der Waals surface area contributed by atoms with Gasteiger partial charge in [-0.05, 0) is 11.6 Å². The van der Waals surface area contributed by atoms with Crippen LogP contribution in [0.1, 0.15) is 0 Å². The normalized spacial score (nSPS) is 10.5. The van der Waals surface area contributed by atoms with Crippen LogP contribution >= 0.6 is 0 Å². The maximum Gasteiger partial charge on any atom is 0.321 e. The molecule has 2 aromatic carbocycles. The Morgan fingerprint density at radius 2 is 1.71 bits per heavy atom. The molecule has 1 heterocycles. The van der Waals surface area contributed by atoms with Crippen LogP contribution in [-0.4, -0.2) is 14.8 Å². The monoisotopic (exact) mass is 325 g/mol. The predicted octanol–water partition coefficient (Wildman–Crippen LogP) is 3.00. The molecule has 0 atom stereocenters. The van der Waals surface area contributed by atoms with Gasteiger partial charge < -0.3 is 5.43 Å². The predicted molar refractivity (Wildman–Crippen MR) is 88.3 cm³/mol. The van der Waals surface area contributed by atoms with Gasteiger partial charge in [0.15, 0.2) is 0 Å². The topological polar surface area (TPSA) is 137 Å². The second kappa shape index (κ2) is 5.89. The Morgan fingerprint density at radius 3 is 2.29 bits per heavy atom. The van der Waals surface area contributed by atoms with Gasteiger partial charge in [-0.25, -0.2) is 10.8 Å². The van der Waals surface area contributed by atoms with Crippen molar-refractivity contribution < 1.29 is 9.85 Å². The van der Waals surface area contributed by atoms with Crippen molar-refractivity contribution in [2.45, 2.75) is 0 Å². The molecule has 0 saturated heterocycles. The van der Waals surface area contributed by atoms with Gasteiger partial charge in [-0.1, -0.05) is 30.3 Å². The number of nitrogens with one attached hydrogen (secondary N) is 1. The van der Waals surface area contributed by atoms with Crippen molar-refractivity contribution in [3.63, 3.8) is 0 Å². The summed E-state index contributed by atoms with van der Waals surface area (Å²) in [7, 11) is 0. The summed E-state index contributed by atoms with van der Waals surface area (Å²) < 4.78 is 0. The van der Waals surface area contributed by atoms with E-state index in [2.05, 4.69) is 10.4 Å². The number of rotatable bonds is 4. The van der Waals surface area contributed by atoms with Crippen LogP contribution < -0.4 is 11.3 Å². The first-order chi connectivity index (χ1) is 11.5. The van der Waals surface area contributed by atoms with Crippen LogP contribution in [0.4, 0.5) is 17.2 Å². The molecule has 0 aliphatic rings. The van der Waals surface area contributed by atoms with Crippen molar-refractivity contribution in [1.82, 2.24) is 4.98 Å². The standard InChI is InChI=1S/C15H11N5O4/c16-18-15-14(20(23)24)13(9-4-2-1-3-5-9)11-8-10(19(21)22)6-7-12(11)17-15/h1-8H,16H2,(H,17,18). The quantitative estimate of drug-likeness (QED) is 0.427. The van der Waals surface area contributed by atoms with Gasteiger partial charge >= 0.3 is 5.69 Å². The summed E-state index contributed by atoms with van der Waals surface area (Å²) in [5.41, 5.74) is 2.84. The number of nitrogens with zero attached hydrogens (tertiary/aromatic N) is 3. The molecule has 3 N–H and O–H groups in total. The van der Waals surface area contributed by atoms with Gasteiger partial charge in [0, 0.05) is 17.5 Å². The number of nitrogens with two attached hydrogens (primary N) is 1. The van der Waals surface area contributed by atoms with Crippen molar-refractivity contribution in [1.29, 1.82) is 0 Å². The summed E-state index contributed by atoms with van der Waals surface area (Å²) in [4.78, 5) is 25.6. The second-order valence-electron chi connectivity index (χ2n) is 4.91. The number of anilines is 1. The molecule has 24 heavy (non-hydrogen) atoms. The minimum absolute atomic E-state index is 0.111. The van der Waals surface area contributed by atoms with Crippen molar-refractivity contribution in [3.8, 4) is 11.1 Å². The zero-order valence-electron chi connectivity index (χ0n) is 12.2. The molecular formula is C15H11N5O4. The number of hydrogen-bond donors (Lipinski definition) is 2. The lowest BCUT2D eigenvalue weighted by Crippen LogP contribution is -2.12. The zero-order valence-corrected chi connectivity index (χ0v) is 12.2. The number of fused-ring (bicyclic) bond motifs is 1. The van der Waals surface area contributed by atoms with E-state index >= 15 is 0 Å². The van der Waals surface area contributed by atoms with Crippen molar-refractivity contribution in [2.75, 3.05) is 5.43 Å². The highest BCUT2D eigenvalue weighted by atomic mass is 16.6. The minimum Gasteiger partial charge on any atom is -0.303 e. The van der Waals surface area contributed by atoms with E-state index in [0.29, 0.717) is 16.5 Å². The molecule has 1 aromatic heterocycles. The first-order valence-corrected chi connectivity index (χ1v) is 6.81. The summed E-state index contributed by atoms with van der Waals surface area (Å²) in [5, 5.41) is 22.9. The SMILES string of the molecule is NNc1nc2ccc([N+](=O)[O-])cc2c(-c2ccccc2)c1[N+](=O)[O-]. The highest BCUT2D eigenvalue weighted by Gasteiger charge is 2.26. The first-order valence-electron chi connectivity index (χ1n) is 6.81. The Labute approximate surface area is 135 Å². The van der Waals surface area contributed by atoms with Gasteiger partial charge in [0.25, 0.3) is 5.69 Å². The van der Waals surface area contributed by atoms with Gasteiger partial charge in [0.2, 0.25) is 5.82 Å². The third-order valence-corrected chi connectivity index (χ3v) is 3.54. The average Bonchev–Trinajstić information content (AvgIpc) is 2.59. The molecule has 9 heteroatoms. The molecule has 120 valence electrons. The van der Waals surface area contributed by atoms with Crippen molar-refractivity contribution >= 4 is 28.1 Å². The van der Waals surface area contributed by atoms with Gasteiger partial charge in [-0.3, -0.25) is 20.2 Å². The van der Waals surface area contributed by atoms with Crippen LogP contribution in [0.5, 0.6) is 0 Å². The molecule has 0 spiro atoms. The van der Waals surface area contributed by atoms with Crippen LogP contribution in [-0.2, 0) is 0 Å². The molecule has 0 radical (unpaired) electrons. The fourth-order valence-corrected chi connectivity index (χ4v) is 2.53. The third-order valence-electron chi connectivity index (χ3n) is 3.54. The minimum atomic E-state index is -0.608. The molecule has 3 rings (SSSR count). The molecule has 0 bridgehead atoms. The number of aromatic nitrogens is 1. The number of nitro groups is 2. The first kappa shape index (κ1) is 15.3. The number of nitrogen functional groups attached to an aromatic ring is 1. The van der Waals surface area contributed by atoms with E-state index < -0.39 is 9.85 Å². The number of hydrogen-bond acceptors (Lipinski definition) is 7. The zero-order chi connectivity index (χ0) is 17.3. The van der Waals surface area contributed by atoms with E-state index in [-0.39, 0.29) is 22.8 Å². The van der Waals surface area contributed by atoms with Crippen molar-refractivity contribution in [2.24, 2.45) is 5.84 Å². The third kappa shape index (κ3) is 2.48. The molecule has 3 aromatic rings. The lowest BCUT2D eigenvalue weighted by molar-refractivity contribution is -0.384. The Balaban J connectivity index is 2.49. The van der Waals surface area contributed by atoms with Crippen LogP contribution in [0, 0.1) is 20.2 Å². The number of pyridine rings is 1. The van der Waals surface area contributed by atoms with Crippen LogP contribution in [0.25, 0.3) is 22.0 Å². The van der Waals surface area contributed by atoms with Crippen molar-refractivity contribution in [3.05, 3.63) is 68.8 Å². The van der Waals surface area contributed by atoms with Gasteiger partial charge in [-0.2, -0.15) is 0 Å². The number of hydrazine groups is 1. The number of nitro benzene ring substituents is 1. The van der Waals surface area contributed by atoms with Gasteiger partial charge in [0.05, 0.1) is 20.9 Å². The maximum absolute atomic E-state index is 11.6. The number of non-ortho nitro benzene ring substituents is 1. The summed E-state index contributed by atoms with van der Waals surface area (Å²) in [6, 6.07) is 12.6. The highest BCUT2D eigenvalue weighted by Crippen LogP contribution is 2.41. The van der Waals surface area contributed by atoms with E-state index in [9.17, 15) is 20.2 Å². The van der Waals surface area contributed by atoms with E-state index in [1.54, 1.807) is 30.3 Å². The molecule has 0 fully saturated rings. The highest BCUT2D eigenvalue weighted by molar-refractivity contribution is 6.03. The van der Waals surface area contributed by atoms with E-state index in [1.807, 2.05) is 0 Å². The summed E-state index contributed by atoms with van der Waals surface area (Å²) in [6.45, 7) is 0. The summed E-state index contributed by atoms with van der Waals surface area (Å²) in [6.07, 6.45) is 0. The average molecular weight is 325 g/mol. The maximum atomic E-state index is 11.6. The van der Waals surface area contributed by atoms with Gasteiger partial charge in [-0.15, -0.1) is 0 Å². The lowest BCUT2D eigenvalue weighted by atomic mass is 9.98. The Kier molecular flexibility index (Phi) is 3.76.